The first kappa shape index (κ1) is 14.3. The molecule has 0 aliphatic carbocycles. The van der Waals surface area contributed by atoms with Crippen LogP contribution in [0.3, 0.4) is 0 Å². The number of anilines is 1. The van der Waals surface area contributed by atoms with Gasteiger partial charge in [-0.15, -0.1) is 0 Å². The molecule has 2 aromatic rings. The minimum Gasteiger partial charge on any atom is -0.381 e. The van der Waals surface area contributed by atoms with Gasteiger partial charge in [-0.2, -0.15) is 0 Å². The maximum Gasteiger partial charge on any atom is 0.251 e. The van der Waals surface area contributed by atoms with Gasteiger partial charge < -0.3 is 15.8 Å². The summed E-state index contributed by atoms with van der Waals surface area (Å²) < 4.78 is 6.32. The Balaban J connectivity index is 1.68. The summed E-state index contributed by atoms with van der Waals surface area (Å²) in [6.07, 6.45) is 1.97. The van der Waals surface area contributed by atoms with Crippen LogP contribution in [0.25, 0.3) is 10.2 Å². The van der Waals surface area contributed by atoms with Crippen molar-refractivity contribution in [1.29, 1.82) is 0 Å². The molecular formula is C15H19N3O2S. The van der Waals surface area contributed by atoms with Gasteiger partial charge in [0, 0.05) is 25.3 Å². The fourth-order valence-corrected chi connectivity index (χ4v) is 3.29. The summed E-state index contributed by atoms with van der Waals surface area (Å²) in [5, 5.41) is 3.56. The Kier molecular flexibility index (Phi) is 3.82. The van der Waals surface area contributed by atoms with Crippen molar-refractivity contribution in [3.05, 3.63) is 23.8 Å². The number of nitrogens with zero attached hydrogens (tertiary/aromatic N) is 1. The normalized spacial score (nSPS) is 17.8. The number of thiazole rings is 1. The van der Waals surface area contributed by atoms with Crippen molar-refractivity contribution in [2.45, 2.75) is 19.8 Å². The number of carbonyl (C=O) groups is 1. The molecule has 6 heteroatoms. The maximum absolute atomic E-state index is 12.3. The Morgan fingerprint density at radius 3 is 3.00 bits per heavy atom. The van der Waals surface area contributed by atoms with Crippen LogP contribution in [0.5, 0.6) is 0 Å². The van der Waals surface area contributed by atoms with E-state index in [9.17, 15) is 4.79 Å². The third-order valence-electron chi connectivity index (χ3n) is 4.04. The molecule has 0 unspecified atom stereocenters. The SMILES string of the molecule is CC1(CNC(=O)c2ccc3nc(N)sc3c2)CCOCC1. The van der Waals surface area contributed by atoms with Gasteiger partial charge in [-0.3, -0.25) is 4.79 Å². The predicted molar refractivity (Wildman–Crippen MR) is 84.5 cm³/mol. The lowest BCUT2D eigenvalue weighted by atomic mass is 9.82. The Bertz CT molecular complexity index is 662. The second kappa shape index (κ2) is 5.61. The van der Waals surface area contributed by atoms with Crippen LogP contribution in [0.2, 0.25) is 0 Å². The molecule has 21 heavy (non-hydrogen) atoms. The maximum atomic E-state index is 12.3. The highest BCUT2D eigenvalue weighted by atomic mass is 32.1. The van der Waals surface area contributed by atoms with Crippen molar-refractivity contribution in [3.63, 3.8) is 0 Å². The molecule has 0 bridgehead atoms. The van der Waals surface area contributed by atoms with Crippen LogP contribution in [0.15, 0.2) is 18.2 Å². The molecule has 0 atom stereocenters. The topological polar surface area (TPSA) is 77.2 Å². The molecule has 1 aliphatic rings. The number of hydrogen-bond donors (Lipinski definition) is 2. The van der Waals surface area contributed by atoms with Gasteiger partial charge in [-0.05, 0) is 36.5 Å². The van der Waals surface area contributed by atoms with Gasteiger partial charge in [0.25, 0.3) is 5.91 Å². The highest BCUT2D eigenvalue weighted by Gasteiger charge is 2.27. The number of rotatable bonds is 3. The van der Waals surface area contributed by atoms with E-state index >= 15 is 0 Å². The van der Waals surface area contributed by atoms with Crippen LogP contribution in [0.1, 0.15) is 30.1 Å². The van der Waals surface area contributed by atoms with E-state index in [-0.39, 0.29) is 11.3 Å². The van der Waals surface area contributed by atoms with Crippen LogP contribution in [-0.2, 0) is 4.74 Å². The smallest absolute Gasteiger partial charge is 0.251 e. The van der Waals surface area contributed by atoms with Crippen LogP contribution < -0.4 is 11.1 Å². The predicted octanol–water partition coefficient (Wildman–Crippen LogP) is 2.43. The molecule has 1 fully saturated rings. The summed E-state index contributed by atoms with van der Waals surface area (Å²) in [5.41, 5.74) is 7.31. The van der Waals surface area contributed by atoms with Gasteiger partial charge in [-0.1, -0.05) is 18.3 Å². The summed E-state index contributed by atoms with van der Waals surface area (Å²) in [5.74, 6) is -0.0448. The molecule has 3 N–H and O–H groups in total. The third-order valence-corrected chi connectivity index (χ3v) is 4.89. The van der Waals surface area contributed by atoms with E-state index in [0.717, 1.165) is 36.3 Å². The Hall–Kier alpha value is -1.66. The van der Waals surface area contributed by atoms with Gasteiger partial charge in [0.15, 0.2) is 5.13 Å². The number of benzene rings is 1. The lowest BCUT2D eigenvalue weighted by Gasteiger charge is -2.33. The molecule has 2 heterocycles. The quantitative estimate of drug-likeness (QED) is 0.913. The van der Waals surface area contributed by atoms with Crippen LogP contribution in [-0.4, -0.2) is 30.6 Å². The van der Waals surface area contributed by atoms with Gasteiger partial charge in [-0.25, -0.2) is 4.98 Å². The van der Waals surface area contributed by atoms with Crippen molar-refractivity contribution in [1.82, 2.24) is 10.3 Å². The summed E-state index contributed by atoms with van der Waals surface area (Å²) >= 11 is 1.40. The van der Waals surface area contributed by atoms with E-state index in [2.05, 4.69) is 17.2 Å². The summed E-state index contributed by atoms with van der Waals surface area (Å²) in [4.78, 5) is 16.5. The summed E-state index contributed by atoms with van der Waals surface area (Å²) in [6.45, 7) is 4.43. The van der Waals surface area contributed by atoms with Crippen molar-refractivity contribution in [2.24, 2.45) is 5.41 Å². The van der Waals surface area contributed by atoms with Crippen LogP contribution in [0.4, 0.5) is 5.13 Å². The molecule has 0 spiro atoms. The van der Waals surface area contributed by atoms with Gasteiger partial charge >= 0.3 is 0 Å². The first-order chi connectivity index (χ1) is 10.1. The molecule has 0 radical (unpaired) electrons. The fraction of sp³-hybridized carbons (Fsp3) is 0.467. The number of ether oxygens (including phenoxy) is 1. The zero-order valence-electron chi connectivity index (χ0n) is 12.0. The molecule has 5 nitrogen and oxygen atoms in total. The number of amides is 1. The van der Waals surface area contributed by atoms with E-state index in [1.54, 1.807) is 6.07 Å². The number of aromatic nitrogens is 1. The lowest BCUT2D eigenvalue weighted by molar-refractivity contribution is 0.0238. The highest BCUT2D eigenvalue weighted by molar-refractivity contribution is 7.22. The second-order valence-corrected chi connectivity index (χ2v) is 6.90. The average Bonchev–Trinajstić information content (AvgIpc) is 2.84. The molecule has 0 saturated carbocycles. The largest absolute Gasteiger partial charge is 0.381 e. The van der Waals surface area contributed by atoms with Gasteiger partial charge in [0.05, 0.1) is 10.2 Å². The molecule has 112 valence electrons. The minimum atomic E-state index is -0.0448. The van der Waals surface area contributed by atoms with E-state index < -0.39 is 0 Å². The number of hydrogen-bond acceptors (Lipinski definition) is 5. The Labute approximate surface area is 127 Å². The molecule has 1 saturated heterocycles. The van der Waals surface area contributed by atoms with Crippen LogP contribution >= 0.6 is 11.3 Å². The first-order valence-corrected chi connectivity index (χ1v) is 7.89. The number of carbonyl (C=O) groups excluding carboxylic acids is 1. The van der Waals surface area contributed by atoms with E-state index in [1.165, 1.54) is 11.3 Å². The molecule has 3 rings (SSSR count). The highest BCUT2D eigenvalue weighted by Crippen LogP contribution is 2.29. The number of nitrogens with two attached hydrogens (primary N) is 1. The van der Waals surface area contributed by atoms with Gasteiger partial charge in [0.1, 0.15) is 0 Å². The zero-order chi connectivity index (χ0) is 14.9. The number of fused-ring (bicyclic) bond motifs is 1. The van der Waals surface area contributed by atoms with Crippen LogP contribution in [0, 0.1) is 5.41 Å². The standard InChI is InChI=1S/C15H19N3O2S/c1-15(4-6-20-7-5-15)9-17-13(19)10-2-3-11-12(8-10)21-14(16)18-11/h2-3,8H,4-7,9H2,1H3,(H2,16,18)(H,17,19). The summed E-state index contributed by atoms with van der Waals surface area (Å²) in [6, 6.07) is 5.49. The number of nitrogen functional groups attached to an aromatic ring is 1. The molecule has 1 amide bonds. The molecule has 1 aromatic carbocycles. The zero-order valence-corrected chi connectivity index (χ0v) is 12.8. The third kappa shape index (κ3) is 3.16. The minimum absolute atomic E-state index is 0.0448. The van der Waals surface area contributed by atoms with E-state index in [4.69, 9.17) is 10.5 Å². The number of nitrogens with one attached hydrogen (secondary N) is 1. The summed E-state index contributed by atoms with van der Waals surface area (Å²) in [7, 11) is 0. The molecular weight excluding hydrogens is 286 g/mol. The fourth-order valence-electron chi connectivity index (χ4n) is 2.52. The van der Waals surface area contributed by atoms with Gasteiger partial charge in [0.2, 0.25) is 0 Å². The monoisotopic (exact) mass is 305 g/mol. The molecule has 1 aromatic heterocycles. The van der Waals surface area contributed by atoms with E-state index in [0.29, 0.717) is 17.2 Å². The second-order valence-electron chi connectivity index (χ2n) is 5.84. The van der Waals surface area contributed by atoms with Crippen molar-refractivity contribution in [3.8, 4) is 0 Å². The Morgan fingerprint density at radius 2 is 2.24 bits per heavy atom. The molecule has 1 aliphatic heterocycles. The average molecular weight is 305 g/mol. The van der Waals surface area contributed by atoms with Crippen molar-refractivity contribution >= 4 is 32.6 Å². The van der Waals surface area contributed by atoms with Crippen molar-refractivity contribution < 1.29 is 9.53 Å². The van der Waals surface area contributed by atoms with E-state index in [1.807, 2.05) is 12.1 Å². The first-order valence-electron chi connectivity index (χ1n) is 7.08. The van der Waals surface area contributed by atoms with Crippen molar-refractivity contribution in [2.75, 3.05) is 25.5 Å². The lowest BCUT2D eigenvalue weighted by Crippen LogP contribution is -2.39. The Morgan fingerprint density at radius 1 is 1.48 bits per heavy atom.